The average molecular weight is 595 g/mol. The SMILES string of the molecule is CC(=O)Oc1c(Br)cc(/C=N/NC(=O)c2ccc(COc3ccc(-n4c(C)ccc4C)cc3)o2)cc1[N+](=O)[O-]. The molecule has 39 heavy (non-hydrogen) atoms. The van der Waals surface area contributed by atoms with Crippen LogP contribution in [-0.4, -0.2) is 27.6 Å². The zero-order chi connectivity index (χ0) is 28.1. The van der Waals surface area contributed by atoms with Gasteiger partial charge in [-0.25, -0.2) is 5.43 Å². The molecule has 2 aromatic carbocycles. The van der Waals surface area contributed by atoms with Gasteiger partial charge in [-0.2, -0.15) is 5.10 Å². The maximum atomic E-state index is 12.4. The van der Waals surface area contributed by atoms with E-state index >= 15 is 0 Å². The molecule has 12 heteroatoms. The number of aromatic nitrogens is 1. The molecule has 1 N–H and O–H groups in total. The molecule has 1 amide bonds. The number of hydrogen-bond acceptors (Lipinski definition) is 8. The summed E-state index contributed by atoms with van der Waals surface area (Å²) in [7, 11) is 0. The number of carbonyl (C=O) groups is 2. The van der Waals surface area contributed by atoms with Crippen LogP contribution < -0.4 is 14.9 Å². The van der Waals surface area contributed by atoms with Gasteiger partial charge in [0.15, 0.2) is 5.76 Å². The molecule has 0 spiro atoms. The molecular formula is C27H23BrN4O7. The van der Waals surface area contributed by atoms with Gasteiger partial charge in [0, 0.05) is 35.6 Å². The van der Waals surface area contributed by atoms with Crippen molar-refractivity contribution < 1.29 is 28.4 Å². The van der Waals surface area contributed by atoms with Gasteiger partial charge in [0.25, 0.3) is 0 Å². The van der Waals surface area contributed by atoms with E-state index in [4.69, 9.17) is 13.9 Å². The van der Waals surface area contributed by atoms with Crippen LogP contribution in [0.4, 0.5) is 5.69 Å². The number of esters is 1. The fraction of sp³-hybridized carbons (Fsp3) is 0.148. The zero-order valence-corrected chi connectivity index (χ0v) is 22.7. The second kappa shape index (κ2) is 11.8. The topological polar surface area (TPSA) is 138 Å². The van der Waals surface area contributed by atoms with E-state index in [-0.39, 0.29) is 28.2 Å². The Balaban J connectivity index is 1.35. The number of aryl methyl sites for hydroxylation is 2. The van der Waals surface area contributed by atoms with Crippen molar-refractivity contribution in [1.29, 1.82) is 0 Å². The predicted octanol–water partition coefficient (Wildman–Crippen LogP) is 5.63. The average Bonchev–Trinajstić information content (AvgIpc) is 3.50. The molecule has 4 aromatic rings. The third kappa shape index (κ3) is 6.60. The number of amides is 1. The molecule has 0 aliphatic heterocycles. The largest absolute Gasteiger partial charge is 0.486 e. The lowest BCUT2D eigenvalue weighted by Gasteiger charge is -2.10. The lowest BCUT2D eigenvalue weighted by atomic mass is 10.2. The van der Waals surface area contributed by atoms with Crippen LogP contribution in [0.25, 0.3) is 5.69 Å². The van der Waals surface area contributed by atoms with Crippen LogP contribution >= 0.6 is 15.9 Å². The summed E-state index contributed by atoms with van der Waals surface area (Å²) in [6.07, 6.45) is 1.21. The van der Waals surface area contributed by atoms with E-state index in [0.29, 0.717) is 11.5 Å². The highest BCUT2D eigenvalue weighted by molar-refractivity contribution is 9.10. The van der Waals surface area contributed by atoms with E-state index in [1.807, 2.05) is 38.1 Å². The standard InChI is InChI=1S/C27H23BrN4O7/c1-16-4-5-17(2)31(16)20-6-8-21(9-7-20)37-15-22-10-11-25(39-22)27(34)30-29-14-19-12-23(28)26(38-18(3)33)24(13-19)32(35)36/h4-14H,15H2,1-3H3,(H,30,34)/b29-14+. The Morgan fingerprint density at radius 1 is 1.10 bits per heavy atom. The molecule has 200 valence electrons. The minimum absolute atomic E-state index is 0.0111. The molecule has 0 saturated heterocycles. The highest BCUT2D eigenvalue weighted by Gasteiger charge is 2.21. The molecule has 0 aliphatic carbocycles. The smallest absolute Gasteiger partial charge is 0.313 e. The summed E-state index contributed by atoms with van der Waals surface area (Å²) in [5.74, 6) is -0.451. The first-order chi connectivity index (χ1) is 18.6. The fourth-order valence-corrected chi connectivity index (χ4v) is 4.32. The second-order valence-electron chi connectivity index (χ2n) is 8.40. The number of halogens is 1. The Bertz CT molecular complexity index is 1550. The van der Waals surface area contributed by atoms with Gasteiger partial charge in [0.1, 0.15) is 18.1 Å². The Morgan fingerprint density at radius 2 is 1.79 bits per heavy atom. The van der Waals surface area contributed by atoms with E-state index in [9.17, 15) is 19.7 Å². The van der Waals surface area contributed by atoms with Gasteiger partial charge < -0.3 is 18.5 Å². The Kier molecular flexibility index (Phi) is 8.25. The number of ether oxygens (including phenoxy) is 2. The lowest BCUT2D eigenvalue weighted by molar-refractivity contribution is -0.385. The second-order valence-corrected chi connectivity index (χ2v) is 9.26. The van der Waals surface area contributed by atoms with Crippen molar-refractivity contribution in [2.45, 2.75) is 27.4 Å². The number of hydrogen-bond donors (Lipinski definition) is 1. The van der Waals surface area contributed by atoms with Gasteiger partial charge in [0.05, 0.1) is 15.6 Å². The van der Waals surface area contributed by atoms with Gasteiger partial charge in [0.2, 0.25) is 5.75 Å². The highest BCUT2D eigenvalue weighted by atomic mass is 79.9. The number of hydrazone groups is 1. The Hall–Kier alpha value is -4.71. The lowest BCUT2D eigenvalue weighted by Crippen LogP contribution is -2.16. The number of furan rings is 1. The summed E-state index contributed by atoms with van der Waals surface area (Å²) in [5.41, 5.74) is 5.45. The van der Waals surface area contributed by atoms with Crippen LogP contribution in [0, 0.1) is 24.0 Å². The van der Waals surface area contributed by atoms with E-state index < -0.39 is 22.5 Å². The molecular weight excluding hydrogens is 572 g/mol. The van der Waals surface area contributed by atoms with Gasteiger partial charge >= 0.3 is 17.6 Å². The summed E-state index contributed by atoms with van der Waals surface area (Å²) in [5, 5.41) is 15.2. The molecule has 0 atom stereocenters. The van der Waals surface area contributed by atoms with Crippen molar-refractivity contribution in [3.8, 4) is 17.2 Å². The first-order valence-electron chi connectivity index (χ1n) is 11.6. The van der Waals surface area contributed by atoms with Gasteiger partial charge in [-0.05, 0) is 84.4 Å². The first-order valence-corrected chi connectivity index (χ1v) is 12.4. The van der Waals surface area contributed by atoms with Crippen LogP contribution in [0.1, 0.15) is 40.2 Å². The van der Waals surface area contributed by atoms with E-state index in [1.54, 1.807) is 6.07 Å². The van der Waals surface area contributed by atoms with Gasteiger partial charge in [-0.3, -0.25) is 19.7 Å². The molecule has 11 nitrogen and oxygen atoms in total. The highest BCUT2D eigenvalue weighted by Crippen LogP contribution is 2.36. The number of nitro benzene ring substituents is 1. The van der Waals surface area contributed by atoms with Crippen molar-refractivity contribution in [2.75, 3.05) is 0 Å². The monoisotopic (exact) mass is 594 g/mol. The van der Waals surface area contributed by atoms with Crippen molar-refractivity contribution in [1.82, 2.24) is 9.99 Å². The maximum Gasteiger partial charge on any atom is 0.313 e. The number of benzene rings is 2. The number of nitro groups is 1. The molecule has 0 fully saturated rings. The Labute approximate surface area is 231 Å². The van der Waals surface area contributed by atoms with Crippen molar-refractivity contribution >= 4 is 39.7 Å². The molecule has 0 bridgehead atoms. The minimum Gasteiger partial charge on any atom is -0.486 e. The van der Waals surface area contributed by atoms with E-state index in [2.05, 4.69) is 43.2 Å². The van der Waals surface area contributed by atoms with E-state index in [1.165, 1.54) is 18.3 Å². The number of carbonyl (C=O) groups excluding carboxylic acids is 2. The summed E-state index contributed by atoms with van der Waals surface area (Å²) in [6, 6.07) is 17.5. The third-order valence-corrected chi connectivity index (χ3v) is 6.09. The first kappa shape index (κ1) is 27.3. The molecule has 4 rings (SSSR count). The summed E-state index contributed by atoms with van der Waals surface area (Å²) >= 11 is 3.15. The van der Waals surface area contributed by atoms with Crippen LogP contribution in [0.2, 0.25) is 0 Å². The third-order valence-electron chi connectivity index (χ3n) is 5.50. The summed E-state index contributed by atoms with van der Waals surface area (Å²) in [6.45, 7) is 5.34. The molecule has 2 aromatic heterocycles. The van der Waals surface area contributed by atoms with Crippen LogP contribution in [0.15, 0.2) is 74.7 Å². The number of nitrogens with zero attached hydrogens (tertiary/aromatic N) is 3. The fourth-order valence-electron chi connectivity index (χ4n) is 3.77. The van der Waals surface area contributed by atoms with Crippen molar-refractivity contribution in [2.24, 2.45) is 5.10 Å². The predicted molar refractivity (Wildman–Crippen MR) is 145 cm³/mol. The van der Waals surface area contributed by atoms with Crippen molar-refractivity contribution in [3.05, 3.63) is 104 Å². The van der Waals surface area contributed by atoms with Crippen LogP contribution in [-0.2, 0) is 11.4 Å². The molecule has 2 heterocycles. The van der Waals surface area contributed by atoms with Crippen LogP contribution in [0.5, 0.6) is 11.5 Å². The van der Waals surface area contributed by atoms with Crippen LogP contribution in [0.3, 0.4) is 0 Å². The maximum absolute atomic E-state index is 12.4. The molecule has 0 radical (unpaired) electrons. The van der Waals surface area contributed by atoms with Gasteiger partial charge in [-0.15, -0.1) is 0 Å². The number of nitrogens with one attached hydrogen (secondary N) is 1. The quantitative estimate of drug-likeness (QED) is 0.0871. The molecule has 0 unspecified atom stereocenters. The molecule has 0 saturated carbocycles. The Morgan fingerprint density at radius 3 is 2.44 bits per heavy atom. The summed E-state index contributed by atoms with van der Waals surface area (Å²) < 4.78 is 18.6. The van der Waals surface area contributed by atoms with Crippen molar-refractivity contribution in [3.63, 3.8) is 0 Å². The molecule has 0 aliphatic rings. The van der Waals surface area contributed by atoms with Gasteiger partial charge in [-0.1, -0.05) is 0 Å². The normalized spacial score (nSPS) is 11.0. The zero-order valence-electron chi connectivity index (χ0n) is 21.1. The number of rotatable bonds is 9. The summed E-state index contributed by atoms with van der Waals surface area (Å²) in [4.78, 5) is 34.3. The van der Waals surface area contributed by atoms with E-state index in [0.717, 1.165) is 30.1 Å². The minimum atomic E-state index is -0.702.